The van der Waals surface area contributed by atoms with Crippen LogP contribution in [0.25, 0.3) is 0 Å². The molecule has 0 aromatic heterocycles. The molecule has 0 rings (SSSR count). The standard InChI is InChI=1S/C15H28O4/c1-4-12(5-2)10-8-7-9-11-13(15(17)18)19-14(16)6-3/h12-13H,4-11H2,1-3H3,(H,17,18). The molecule has 112 valence electrons. The van der Waals surface area contributed by atoms with Crippen LogP contribution in [-0.2, 0) is 14.3 Å². The third kappa shape index (κ3) is 8.62. The van der Waals surface area contributed by atoms with Crippen LogP contribution in [0.15, 0.2) is 0 Å². The van der Waals surface area contributed by atoms with Gasteiger partial charge in [-0.2, -0.15) is 0 Å². The molecule has 0 fully saturated rings. The van der Waals surface area contributed by atoms with Crippen molar-refractivity contribution in [3.8, 4) is 0 Å². The van der Waals surface area contributed by atoms with Gasteiger partial charge in [-0.3, -0.25) is 4.79 Å². The Morgan fingerprint density at radius 1 is 1.00 bits per heavy atom. The van der Waals surface area contributed by atoms with Crippen molar-refractivity contribution in [2.45, 2.75) is 78.2 Å². The van der Waals surface area contributed by atoms with Gasteiger partial charge in [-0.25, -0.2) is 4.79 Å². The van der Waals surface area contributed by atoms with E-state index in [1.807, 2.05) is 0 Å². The van der Waals surface area contributed by atoms with E-state index in [0.717, 1.165) is 25.2 Å². The number of carbonyl (C=O) groups is 2. The molecule has 0 saturated heterocycles. The van der Waals surface area contributed by atoms with Crippen LogP contribution in [0.1, 0.15) is 72.1 Å². The van der Waals surface area contributed by atoms with Crippen LogP contribution in [0.3, 0.4) is 0 Å². The second kappa shape index (κ2) is 10.8. The highest BCUT2D eigenvalue weighted by molar-refractivity contribution is 5.77. The first-order valence-corrected chi connectivity index (χ1v) is 7.47. The average Bonchev–Trinajstić information content (AvgIpc) is 2.40. The van der Waals surface area contributed by atoms with Gasteiger partial charge >= 0.3 is 11.9 Å². The van der Waals surface area contributed by atoms with Crippen LogP contribution >= 0.6 is 0 Å². The number of aliphatic carboxylic acids is 1. The lowest BCUT2D eigenvalue weighted by Crippen LogP contribution is -2.26. The van der Waals surface area contributed by atoms with Crippen LogP contribution in [0.5, 0.6) is 0 Å². The second-order valence-corrected chi connectivity index (χ2v) is 4.99. The minimum absolute atomic E-state index is 0.221. The number of unbranched alkanes of at least 4 members (excludes halogenated alkanes) is 2. The van der Waals surface area contributed by atoms with Gasteiger partial charge in [0.15, 0.2) is 6.10 Å². The zero-order valence-electron chi connectivity index (χ0n) is 12.5. The summed E-state index contributed by atoms with van der Waals surface area (Å²) >= 11 is 0. The number of carboxylic acid groups (broad SMARTS) is 1. The van der Waals surface area contributed by atoms with E-state index in [1.54, 1.807) is 6.92 Å². The molecule has 19 heavy (non-hydrogen) atoms. The molecular formula is C15H28O4. The lowest BCUT2D eigenvalue weighted by atomic mass is 9.95. The van der Waals surface area contributed by atoms with E-state index >= 15 is 0 Å². The maximum absolute atomic E-state index is 11.1. The molecule has 1 atom stereocenters. The third-order valence-electron chi connectivity index (χ3n) is 3.57. The summed E-state index contributed by atoms with van der Waals surface area (Å²) in [6.07, 6.45) is 6.23. The lowest BCUT2D eigenvalue weighted by Gasteiger charge is -2.14. The zero-order chi connectivity index (χ0) is 14.7. The number of hydrogen-bond acceptors (Lipinski definition) is 3. The molecule has 0 radical (unpaired) electrons. The van der Waals surface area contributed by atoms with E-state index in [9.17, 15) is 9.59 Å². The summed E-state index contributed by atoms with van der Waals surface area (Å²) in [5, 5.41) is 8.96. The fourth-order valence-electron chi connectivity index (χ4n) is 2.11. The quantitative estimate of drug-likeness (QED) is 0.459. The van der Waals surface area contributed by atoms with Crippen molar-refractivity contribution < 1.29 is 19.4 Å². The Balaban J connectivity index is 3.82. The van der Waals surface area contributed by atoms with E-state index in [4.69, 9.17) is 9.84 Å². The molecule has 0 saturated carbocycles. The maximum Gasteiger partial charge on any atom is 0.345 e. The van der Waals surface area contributed by atoms with Gasteiger partial charge in [-0.15, -0.1) is 0 Å². The van der Waals surface area contributed by atoms with Crippen molar-refractivity contribution in [3.63, 3.8) is 0 Å². The predicted molar refractivity (Wildman–Crippen MR) is 75.0 cm³/mol. The monoisotopic (exact) mass is 272 g/mol. The van der Waals surface area contributed by atoms with Crippen molar-refractivity contribution in [3.05, 3.63) is 0 Å². The van der Waals surface area contributed by atoms with E-state index in [-0.39, 0.29) is 6.42 Å². The molecule has 0 aliphatic carbocycles. The van der Waals surface area contributed by atoms with Crippen molar-refractivity contribution in [2.24, 2.45) is 5.92 Å². The molecule has 0 aliphatic heterocycles. The molecule has 0 aliphatic rings. The molecule has 0 aromatic rings. The van der Waals surface area contributed by atoms with Gasteiger partial charge in [0.25, 0.3) is 0 Å². The van der Waals surface area contributed by atoms with Crippen LogP contribution < -0.4 is 0 Å². The summed E-state index contributed by atoms with van der Waals surface area (Å²) in [5.41, 5.74) is 0. The first-order valence-electron chi connectivity index (χ1n) is 7.47. The first kappa shape index (κ1) is 17.9. The summed E-state index contributed by atoms with van der Waals surface area (Å²) in [6.45, 7) is 6.08. The van der Waals surface area contributed by atoms with Crippen molar-refractivity contribution in [1.29, 1.82) is 0 Å². The minimum Gasteiger partial charge on any atom is -0.479 e. The lowest BCUT2D eigenvalue weighted by molar-refractivity contribution is -0.164. The maximum atomic E-state index is 11.1. The Morgan fingerprint density at radius 3 is 2.05 bits per heavy atom. The van der Waals surface area contributed by atoms with Gasteiger partial charge in [0.05, 0.1) is 0 Å². The van der Waals surface area contributed by atoms with Crippen LogP contribution in [0.4, 0.5) is 0 Å². The van der Waals surface area contributed by atoms with Gasteiger partial charge in [-0.05, 0) is 18.8 Å². The summed E-state index contributed by atoms with van der Waals surface area (Å²) in [5.74, 6) is -0.695. The Hall–Kier alpha value is -1.06. The number of hydrogen-bond donors (Lipinski definition) is 1. The number of carboxylic acids is 1. The van der Waals surface area contributed by atoms with Gasteiger partial charge in [0.1, 0.15) is 0 Å². The number of ether oxygens (including phenoxy) is 1. The highest BCUT2D eigenvalue weighted by Gasteiger charge is 2.20. The molecule has 4 nitrogen and oxygen atoms in total. The average molecular weight is 272 g/mol. The van der Waals surface area contributed by atoms with Crippen LogP contribution in [0, 0.1) is 5.92 Å². The number of carbonyl (C=O) groups excluding carboxylic acids is 1. The smallest absolute Gasteiger partial charge is 0.345 e. The van der Waals surface area contributed by atoms with Gasteiger partial charge < -0.3 is 9.84 Å². The molecule has 4 heteroatoms. The molecular weight excluding hydrogens is 244 g/mol. The molecule has 0 amide bonds. The van der Waals surface area contributed by atoms with Gasteiger partial charge in [0.2, 0.25) is 0 Å². The molecule has 1 N–H and O–H groups in total. The van der Waals surface area contributed by atoms with Gasteiger partial charge in [0, 0.05) is 6.42 Å². The summed E-state index contributed by atoms with van der Waals surface area (Å²) in [4.78, 5) is 22.0. The topological polar surface area (TPSA) is 63.6 Å². The fraction of sp³-hybridized carbons (Fsp3) is 0.867. The highest BCUT2D eigenvalue weighted by atomic mass is 16.6. The Bertz CT molecular complexity index is 259. The second-order valence-electron chi connectivity index (χ2n) is 4.99. The molecule has 0 heterocycles. The molecule has 0 bridgehead atoms. The van der Waals surface area contributed by atoms with E-state index in [1.165, 1.54) is 19.3 Å². The largest absolute Gasteiger partial charge is 0.479 e. The van der Waals surface area contributed by atoms with Crippen molar-refractivity contribution in [1.82, 2.24) is 0 Å². The first-order chi connectivity index (χ1) is 9.04. The normalized spacial score (nSPS) is 12.4. The summed E-state index contributed by atoms with van der Waals surface area (Å²) in [6, 6.07) is 0. The number of esters is 1. The summed E-state index contributed by atoms with van der Waals surface area (Å²) < 4.78 is 4.89. The van der Waals surface area contributed by atoms with Crippen LogP contribution in [0.2, 0.25) is 0 Å². The zero-order valence-corrected chi connectivity index (χ0v) is 12.5. The highest BCUT2D eigenvalue weighted by Crippen LogP contribution is 2.18. The van der Waals surface area contributed by atoms with E-state index in [0.29, 0.717) is 6.42 Å². The van der Waals surface area contributed by atoms with Gasteiger partial charge in [-0.1, -0.05) is 52.9 Å². The molecule has 1 unspecified atom stereocenters. The minimum atomic E-state index is -1.04. The summed E-state index contributed by atoms with van der Waals surface area (Å²) in [7, 11) is 0. The fourth-order valence-corrected chi connectivity index (χ4v) is 2.11. The Labute approximate surface area is 116 Å². The van der Waals surface area contributed by atoms with Crippen molar-refractivity contribution in [2.75, 3.05) is 0 Å². The third-order valence-corrected chi connectivity index (χ3v) is 3.57. The van der Waals surface area contributed by atoms with E-state index in [2.05, 4.69) is 13.8 Å². The van der Waals surface area contributed by atoms with Crippen molar-refractivity contribution >= 4 is 11.9 Å². The SMILES string of the molecule is CCC(=O)OC(CCCCCC(CC)CC)C(=O)O. The van der Waals surface area contributed by atoms with E-state index < -0.39 is 18.0 Å². The Kier molecular flexibility index (Phi) is 10.2. The number of rotatable bonds is 11. The van der Waals surface area contributed by atoms with Crippen LogP contribution in [-0.4, -0.2) is 23.1 Å². The predicted octanol–water partition coefficient (Wildman–Crippen LogP) is 3.78. The molecule has 0 spiro atoms. The Morgan fingerprint density at radius 2 is 1.58 bits per heavy atom. The molecule has 0 aromatic carbocycles.